The molecule has 0 atom stereocenters. The zero-order valence-electron chi connectivity index (χ0n) is 11.3. The predicted molar refractivity (Wildman–Crippen MR) is 64.7 cm³/mol. The molecule has 0 radical (unpaired) electrons. The summed E-state index contributed by atoms with van der Waals surface area (Å²) in [5, 5.41) is 9.78. The van der Waals surface area contributed by atoms with E-state index in [0.29, 0.717) is 0 Å². The monoisotopic (exact) mass is 312 g/mol. The molecular formula is C10H13N2NaO6S. The van der Waals surface area contributed by atoms with Gasteiger partial charge in [0.05, 0.1) is 15.9 Å². The molecule has 0 saturated heterocycles. The zero-order chi connectivity index (χ0) is 15.0. The molecule has 0 bridgehead atoms. The minimum absolute atomic E-state index is 0. The molecule has 0 saturated carbocycles. The van der Waals surface area contributed by atoms with E-state index in [0.717, 1.165) is 4.57 Å². The first-order valence-corrected chi connectivity index (χ1v) is 6.86. The van der Waals surface area contributed by atoms with Gasteiger partial charge in [-0.1, -0.05) is 0 Å². The van der Waals surface area contributed by atoms with E-state index in [1.807, 2.05) is 0 Å². The summed E-state index contributed by atoms with van der Waals surface area (Å²) in [6, 6.07) is 0. The fourth-order valence-electron chi connectivity index (χ4n) is 1.81. The van der Waals surface area contributed by atoms with Gasteiger partial charge in [0, 0.05) is 12.1 Å². The van der Waals surface area contributed by atoms with Gasteiger partial charge < -0.3 is 15.4 Å². The third-order valence-corrected chi connectivity index (χ3v) is 3.34. The normalized spacial score (nSPS) is 10.9. The minimum Gasteiger partial charge on any atom is -0.748 e. The van der Waals surface area contributed by atoms with Crippen molar-refractivity contribution in [1.82, 2.24) is 4.57 Å². The number of amides is 1. The van der Waals surface area contributed by atoms with Gasteiger partial charge in [-0.2, -0.15) is 0 Å². The summed E-state index contributed by atoms with van der Waals surface area (Å²) in [5.41, 5.74) is 3.43. The van der Waals surface area contributed by atoms with Gasteiger partial charge in [0.1, 0.15) is 5.56 Å². The first-order chi connectivity index (χ1) is 8.60. The molecule has 10 heteroatoms. The standard InChI is InChI=1S/C10H14N2O6S.Na/c1-3-12-9(14)6(4-19(16,17)18)5(2)7(8(11)13)10(12)15;/h15H,3-4H2,1-2H3,(H2,11,13)(H,16,17,18);/q;+1/p-1. The van der Waals surface area contributed by atoms with Gasteiger partial charge in [-0.05, 0) is 19.4 Å². The molecular weight excluding hydrogens is 299 g/mol. The average molecular weight is 312 g/mol. The number of pyridine rings is 1. The van der Waals surface area contributed by atoms with Crippen molar-refractivity contribution in [2.75, 3.05) is 0 Å². The van der Waals surface area contributed by atoms with E-state index in [9.17, 15) is 27.7 Å². The minimum atomic E-state index is -4.70. The molecule has 1 heterocycles. The van der Waals surface area contributed by atoms with Gasteiger partial charge in [0.15, 0.2) is 0 Å². The summed E-state index contributed by atoms with van der Waals surface area (Å²) in [7, 11) is -4.70. The Bertz CT molecular complexity index is 695. The van der Waals surface area contributed by atoms with Crippen LogP contribution in [0.4, 0.5) is 0 Å². The number of hydrogen-bond acceptors (Lipinski definition) is 6. The summed E-state index contributed by atoms with van der Waals surface area (Å²) in [6.07, 6.45) is 0. The molecule has 0 aromatic carbocycles. The number of rotatable bonds is 4. The number of aromatic hydroxyl groups is 1. The Hall–Kier alpha value is -0.870. The summed E-state index contributed by atoms with van der Waals surface area (Å²) < 4.78 is 33.2. The fourth-order valence-corrected chi connectivity index (χ4v) is 2.50. The molecule has 0 aliphatic heterocycles. The Balaban J connectivity index is 0.00000361. The second kappa shape index (κ2) is 6.72. The van der Waals surface area contributed by atoms with Crippen molar-refractivity contribution in [1.29, 1.82) is 0 Å². The Morgan fingerprint density at radius 1 is 1.45 bits per heavy atom. The first kappa shape index (κ1) is 19.1. The smallest absolute Gasteiger partial charge is 0.748 e. The van der Waals surface area contributed by atoms with E-state index < -0.39 is 33.2 Å². The molecule has 106 valence electrons. The Labute approximate surface area is 137 Å². The quantitative estimate of drug-likeness (QED) is 0.429. The van der Waals surface area contributed by atoms with Gasteiger partial charge in [0.25, 0.3) is 11.5 Å². The van der Waals surface area contributed by atoms with Crippen LogP contribution in [0.2, 0.25) is 0 Å². The van der Waals surface area contributed by atoms with Crippen LogP contribution in [0, 0.1) is 6.92 Å². The van der Waals surface area contributed by atoms with Crippen LogP contribution < -0.4 is 40.9 Å². The maximum absolute atomic E-state index is 11.9. The maximum atomic E-state index is 11.9. The van der Waals surface area contributed by atoms with Crippen molar-refractivity contribution in [2.45, 2.75) is 26.1 Å². The first-order valence-electron chi connectivity index (χ1n) is 5.28. The fraction of sp³-hybridized carbons (Fsp3) is 0.400. The van der Waals surface area contributed by atoms with E-state index >= 15 is 0 Å². The summed E-state index contributed by atoms with van der Waals surface area (Å²) in [6.45, 7) is 2.76. The molecule has 0 aliphatic carbocycles. The second-order valence-electron chi connectivity index (χ2n) is 3.92. The van der Waals surface area contributed by atoms with E-state index in [1.54, 1.807) is 0 Å². The number of nitrogens with two attached hydrogens (primary N) is 1. The van der Waals surface area contributed by atoms with Gasteiger partial charge >= 0.3 is 29.6 Å². The molecule has 0 spiro atoms. The van der Waals surface area contributed by atoms with Crippen LogP contribution in [-0.2, 0) is 22.4 Å². The molecule has 1 aromatic heterocycles. The van der Waals surface area contributed by atoms with E-state index in [4.69, 9.17) is 5.73 Å². The van der Waals surface area contributed by atoms with Crippen LogP contribution >= 0.6 is 0 Å². The average Bonchev–Trinajstić information content (AvgIpc) is 2.23. The van der Waals surface area contributed by atoms with Crippen LogP contribution in [0.1, 0.15) is 28.4 Å². The van der Waals surface area contributed by atoms with Crippen molar-refractivity contribution in [3.8, 4) is 5.88 Å². The molecule has 0 aliphatic rings. The van der Waals surface area contributed by atoms with E-state index in [1.165, 1.54) is 13.8 Å². The molecule has 20 heavy (non-hydrogen) atoms. The Morgan fingerprint density at radius 3 is 2.30 bits per heavy atom. The van der Waals surface area contributed by atoms with Crippen LogP contribution in [0.25, 0.3) is 0 Å². The van der Waals surface area contributed by atoms with E-state index in [2.05, 4.69) is 0 Å². The van der Waals surface area contributed by atoms with Crippen LogP contribution in [0.15, 0.2) is 4.79 Å². The zero-order valence-corrected chi connectivity index (χ0v) is 14.2. The second-order valence-corrected chi connectivity index (χ2v) is 5.32. The largest absolute Gasteiger partial charge is 1.00 e. The number of carbonyl (C=O) groups is 1. The van der Waals surface area contributed by atoms with Crippen molar-refractivity contribution in [3.63, 3.8) is 0 Å². The summed E-state index contributed by atoms with van der Waals surface area (Å²) in [4.78, 5) is 23.2. The van der Waals surface area contributed by atoms with E-state index in [-0.39, 0.29) is 52.8 Å². The molecule has 0 fully saturated rings. The number of primary amides is 1. The Kier molecular flexibility index (Phi) is 6.43. The molecule has 0 unspecified atom stereocenters. The SMILES string of the molecule is CCn1c(O)c(C(N)=O)c(C)c(CS(=O)(=O)[O-])c1=O.[Na+]. The molecule has 1 aromatic rings. The third-order valence-electron chi connectivity index (χ3n) is 2.69. The van der Waals surface area contributed by atoms with Crippen molar-refractivity contribution >= 4 is 16.0 Å². The van der Waals surface area contributed by atoms with Crippen molar-refractivity contribution < 1.29 is 52.4 Å². The van der Waals surface area contributed by atoms with Crippen molar-refractivity contribution in [2.24, 2.45) is 5.73 Å². The summed E-state index contributed by atoms with van der Waals surface area (Å²) in [5.74, 6) is -2.70. The Morgan fingerprint density at radius 2 is 1.95 bits per heavy atom. The topological polar surface area (TPSA) is 143 Å². The maximum Gasteiger partial charge on any atom is 1.00 e. The van der Waals surface area contributed by atoms with Gasteiger partial charge in [-0.3, -0.25) is 14.2 Å². The van der Waals surface area contributed by atoms with Gasteiger partial charge in [0.2, 0.25) is 5.88 Å². The molecule has 1 rings (SSSR count). The van der Waals surface area contributed by atoms with Crippen LogP contribution in [0.5, 0.6) is 5.88 Å². The number of hydrogen-bond donors (Lipinski definition) is 2. The van der Waals surface area contributed by atoms with Gasteiger partial charge in [-0.25, -0.2) is 8.42 Å². The van der Waals surface area contributed by atoms with Crippen LogP contribution in [-0.4, -0.2) is 28.6 Å². The number of carbonyl (C=O) groups excluding carboxylic acids is 1. The predicted octanol–water partition coefficient (Wildman–Crippen LogP) is -3.97. The van der Waals surface area contributed by atoms with Gasteiger partial charge in [-0.15, -0.1) is 0 Å². The number of aromatic nitrogens is 1. The third kappa shape index (κ3) is 3.83. The number of nitrogens with zero attached hydrogens (tertiary/aromatic N) is 1. The molecule has 3 N–H and O–H groups in total. The van der Waals surface area contributed by atoms with Crippen molar-refractivity contribution in [3.05, 3.63) is 27.0 Å². The molecule has 8 nitrogen and oxygen atoms in total. The molecule has 1 amide bonds. The van der Waals surface area contributed by atoms with Crippen LogP contribution in [0.3, 0.4) is 0 Å². The summed E-state index contributed by atoms with van der Waals surface area (Å²) >= 11 is 0.